The van der Waals surface area contributed by atoms with Crippen LogP contribution in [-0.4, -0.2) is 0 Å². The first kappa shape index (κ1) is 20.3. The minimum atomic E-state index is 1.32. The van der Waals surface area contributed by atoms with E-state index in [-0.39, 0.29) is 0 Å². The maximum Gasteiger partial charge on any atom is -0.0100 e. The summed E-state index contributed by atoms with van der Waals surface area (Å²) < 4.78 is 0. The van der Waals surface area contributed by atoms with E-state index < -0.39 is 0 Å². The van der Waals surface area contributed by atoms with Gasteiger partial charge in [-0.2, -0.15) is 0 Å². The van der Waals surface area contributed by atoms with E-state index in [9.17, 15) is 0 Å². The van der Waals surface area contributed by atoms with Gasteiger partial charge in [0.05, 0.1) is 0 Å². The van der Waals surface area contributed by atoms with E-state index in [0.717, 1.165) is 0 Å². The van der Waals surface area contributed by atoms with Crippen LogP contribution in [0, 0.1) is 27.7 Å². The fourth-order valence-electron chi connectivity index (χ4n) is 4.82. The Morgan fingerprint density at radius 2 is 0.844 bits per heavy atom. The Morgan fingerprint density at radius 1 is 0.344 bits per heavy atom. The first-order chi connectivity index (χ1) is 15.5. The number of fused-ring (bicyclic) bond motifs is 6. The van der Waals surface area contributed by atoms with Gasteiger partial charge in [-0.05, 0) is 81.9 Å². The van der Waals surface area contributed by atoms with Crippen molar-refractivity contribution in [3.63, 3.8) is 0 Å². The molecule has 0 nitrogen and oxygen atoms in total. The standard InChI is InChI=1S/2C16H14/c1-11-7-8-15-13(9-11)10-12(2)14-5-3-4-6-16(14)15;1-11-7-8-14-12(2)10-13-5-3-4-6-15(13)16(14)9-11/h2*3-10H,1-2H3. The first-order valence-corrected chi connectivity index (χ1v) is 11.3. The van der Waals surface area contributed by atoms with Crippen LogP contribution in [0.25, 0.3) is 43.1 Å². The molecule has 6 aromatic carbocycles. The second-order valence-corrected chi connectivity index (χ2v) is 8.93. The van der Waals surface area contributed by atoms with Crippen molar-refractivity contribution in [3.05, 3.63) is 119 Å². The molecular weight excluding hydrogens is 384 g/mol. The summed E-state index contributed by atoms with van der Waals surface area (Å²) in [6.07, 6.45) is 0. The predicted octanol–water partition coefficient (Wildman–Crippen LogP) is 9.22. The van der Waals surface area contributed by atoms with Crippen LogP contribution >= 0.6 is 0 Å². The average Bonchev–Trinajstić information content (AvgIpc) is 2.79. The molecule has 0 N–H and O–H groups in total. The third-order valence-corrected chi connectivity index (χ3v) is 6.44. The Balaban J connectivity index is 0.000000135. The highest BCUT2D eigenvalue weighted by Crippen LogP contribution is 2.30. The molecule has 0 aliphatic carbocycles. The number of benzene rings is 6. The Labute approximate surface area is 190 Å². The molecule has 0 heterocycles. The SMILES string of the molecule is Cc1ccc2c(C)cc3ccccc3c2c1.Cc1ccc2c(c1)cc(C)c1ccccc12. The lowest BCUT2D eigenvalue weighted by atomic mass is 9.97. The minimum Gasteiger partial charge on any atom is -0.0616 e. The van der Waals surface area contributed by atoms with Gasteiger partial charge in [-0.3, -0.25) is 0 Å². The zero-order valence-corrected chi connectivity index (χ0v) is 19.2. The normalized spacial score (nSPS) is 11.1. The Bertz CT molecular complexity index is 1600. The van der Waals surface area contributed by atoms with E-state index in [4.69, 9.17) is 0 Å². The smallest absolute Gasteiger partial charge is 0.0100 e. The maximum atomic E-state index is 2.28. The lowest BCUT2D eigenvalue weighted by Crippen LogP contribution is -1.83. The minimum absolute atomic E-state index is 1.32. The molecule has 0 radical (unpaired) electrons. The Kier molecular flexibility index (Phi) is 5.15. The van der Waals surface area contributed by atoms with Gasteiger partial charge in [-0.25, -0.2) is 0 Å². The van der Waals surface area contributed by atoms with Crippen LogP contribution in [0.3, 0.4) is 0 Å². The van der Waals surface area contributed by atoms with Crippen molar-refractivity contribution in [2.75, 3.05) is 0 Å². The zero-order valence-electron chi connectivity index (χ0n) is 19.2. The highest BCUT2D eigenvalue weighted by Gasteiger charge is 2.04. The highest BCUT2D eigenvalue weighted by molar-refractivity contribution is 6.10. The summed E-state index contributed by atoms with van der Waals surface area (Å²) >= 11 is 0. The van der Waals surface area contributed by atoms with Crippen LogP contribution in [-0.2, 0) is 0 Å². The summed E-state index contributed by atoms with van der Waals surface area (Å²) in [5.41, 5.74) is 5.35. The third-order valence-electron chi connectivity index (χ3n) is 6.44. The van der Waals surface area contributed by atoms with Crippen molar-refractivity contribution in [1.82, 2.24) is 0 Å². The molecule has 156 valence electrons. The second-order valence-electron chi connectivity index (χ2n) is 8.93. The highest BCUT2D eigenvalue weighted by atomic mass is 14.1. The molecule has 0 aliphatic heterocycles. The number of rotatable bonds is 0. The van der Waals surface area contributed by atoms with E-state index in [1.807, 2.05) is 0 Å². The van der Waals surface area contributed by atoms with Crippen molar-refractivity contribution in [3.8, 4) is 0 Å². The molecule has 6 rings (SSSR count). The number of hydrogen-bond acceptors (Lipinski definition) is 0. The monoisotopic (exact) mass is 412 g/mol. The summed E-state index contributed by atoms with van der Waals surface area (Å²) in [7, 11) is 0. The summed E-state index contributed by atoms with van der Waals surface area (Å²) in [5, 5.41) is 10.8. The molecule has 0 amide bonds. The predicted molar refractivity (Wildman–Crippen MR) is 142 cm³/mol. The molecule has 0 atom stereocenters. The molecule has 0 aliphatic rings. The average molecular weight is 413 g/mol. The van der Waals surface area contributed by atoms with Crippen molar-refractivity contribution in [2.24, 2.45) is 0 Å². The van der Waals surface area contributed by atoms with Gasteiger partial charge in [0.25, 0.3) is 0 Å². The van der Waals surface area contributed by atoms with Crippen molar-refractivity contribution >= 4 is 43.1 Å². The van der Waals surface area contributed by atoms with Crippen LogP contribution in [0.5, 0.6) is 0 Å². The molecule has 32 heavy (non-hydrogen) atoms. The van der Waals surface area contributed by atoms with Crippen molar-refractivity contribution in [2.45, 2.75) is 27.7 Å². The van der Waals surface area contributed by atoms with E-state index >= 15 is 0 Å². The quantitative estimate of drug-likeness (QED) is 0.218. The van der Waals surface area contributed by atoms with Crippen molar-refractivity contribution < 1.29 is 0 Å². The van der Waals surface area contributed by atoms with Gasteiger partial charge in [0.15, 0.2) is 0 Å². The fraction of sp³-hybridized carbons (Fsp3) is 0.125. The van der Waals surface area contributed by atoms with Crippen molar-refractivity contribution in [1.29, 1.82) is 0 Å². The van der Waals surface area contributed by atoms with E-state index in [2.05, 4.69) is 125 Å². The molecule has 0 fully saturated rings. The van der Waals surface area contributed by atoms with E-state index in [1.54, 1.807) is 0 Å². The molecule has 0 unspecified atom stereocenters. The van der Waals surface area contributed by atoms with Crippen LogP contribution in [0.15, 0.2) is 97.1 Å². The largest absolute Gasteiger partial charge is 0.0616 e. The molecule has 6 aromatic rings. The van der Waals surface area contributed by atoms with Gasteiger partial charge in [-0.1, -0.05) is 108 Å². The van der Waals surface area contributed by atoms with Gasteiger partial charge in [0, 0.05) is 0 Å². The number of aryl methyl sites for hydroxylation is 4. The van der Waals surface area contributed by atoms with Crippen LogP contribution in [0.1, 0.15) is 22.3 Å². The topological polar surface area (TPSA) is 0 Å². The lowest BCUT2D eigenvalue weighted by Gasteiger charge is -2.08. The van der Waals surface area contributed by atoms with Gasteiger partial charge < -0.3 is 0 Å². The molecule has 0 spiro atoms. The van der Waals surface area contributed by atoms with Crippen LogP contribution in [0.4, 0.5) is 0 Å². The van der Waals surface area contributed by atoms with Gasteiger partial charge in [-0.15, -0.1) is 0 Å². The maximum absolute atomic E-state index is 2.28. The molecule has 0 saturated heterocycles. The van der Waals surface area contributed by atoms with Gasteiger partial charge >= 0.3 is 0 Å². The molecule has 0 aromatic heterocycles. The zero-order chi connectivity index (χ0) is 22.2. The lowest BCUT2D eigenvalue weighted by molar-refractivity contribution is 1.49. The van der Waals surface area contributed by atoms with Gasteiger partial charge in [0.1, 0.15) is 0 Å². The Hall–Kier alpha value is -3.64. The van der Waals surface area contributed by atoms with Crippen LogP contribution in [0.2, 0.25) is 0 Å². The van der Waals surface area contributed by atoms with E-state index in [1.165, 1.54) is 65.3 Å². The molecule has 0 bridgehead atoms. The summed E-state index contributed by atoms with van der Waals surface area (Å²) in [4.78, 5) is 0. The third kappa shape index (κ3) is 3.63. The number of hydrogen-bond donors (Lipinski definition) is 0. The van der Waals surface area contributed by atoms with E-state index in [0.29, 0.717) is 0 Å². The Morgan fingerprint density at radius 3 is 1.59 bits per heavy atom. The molecular formula is C32H28. The molecule has 0 saturated carbocycles. The van der Waals surface area contributed by atoms with Gasteiger partial charge in [0.2, 0.25) is 0 Å². The fourth-order valence-corrected chi connectivity index (χ4v) is 4.82. The summed E-state index contributed by atoms with van der Waals surface area (Å²) in [5.74, 6) is 0. The van der Waals surface area contributed by atoms with Crippen LogP contribution < -0.4 is 0 Å². The summed E-state index contributed by atoms with van der Waals surface area (Å²) in [6.45, 7) is 8.66. The first-order valence-electron chi connectivity index (χ1n) is 11.3. The molecule has 0 heteroatoms. The second kappa shape index (κ2) is 8.13. The summed E-state index contributed by atoms with van der Waals surface area (Å²) in [6, 6.07) is 35.1.